The minimum atomic E-state index is 0.0627. The summed E-state index contributed by atoms with van der Waals surface area (Å²) < 4.78 is 1.79. The van der Waals surface area contributed by atoms with Crippen molar-refractivity contribution in [3.05, 3.63) is 48.8 Å². The van der Waals surface area contributed by atoms with Crippen molar-refractivity contribution in [3.63, 3.8) is 0 Å². The van der Waals surface area contributed by atoms with E-state index in [2.05, 4.69) is 16.2 Å². The number of nitrogens with two attached hydrogens (primary N) is 2. The molecule has 5 nitrogen and oxygen atoms in total. The Morgan fingerprint density at radius 2 is 2.05 bits per heavy atom. The Morgan fingerprint density at radius 1 is 1.20 bits per heavy atom. The van der Waals surface area contributed by atoms with Gasteiger partial charge in [0.05, 0.1) is 11.9 Å². The maximum Gasteiger partial charge on any atom is 0.191 e. The maximum absolute atomic E-state index is 5.41. The summed E-state index contributed by atoms with van der Waals surface area (Å²) in [5.74, 6) is 0.0627. The van der Waals surface area contributed by atoms with E-state index in [0.29, 0.717) is 0 Å². The summed E-state index contributed by atoms with van der Waals surface area (Å²) in [5, 5.41) is 6.46. The topological polar surface area (TPSA) is 82.2 Å². The Morgan fingerprint density at radius 3 is 2.75 bits per heavy atom. The third kappa shape index (κ3) is 2.21. The van der Waals surface area contributed by atoms with E-state index < -0.39 is 0 Å². The second-order valence-electron chi connectivity index (χ2n) is 4.65. The van der Waals surface area contributed by atoms with Crippen LogP contribution in [0.15, 0.2) is 53.8 Å². The van der Waals surface area contributed by atoms with Gasteiger partial charge in [0.2, 0.25) is 0 Å². The van der Waals surface area contributed by atoms with Gasteiger partial charge in [0.1, 0.15) is 0 Å². The van der Waals surface area contributed by atoms with Gasteiger partial charge in [0.25, 0.3) is 0 Å². The third-order valence-corrected chi connectivity index (χ3v) is 3.14. The van der Waals surface area contributed by atoms with E-state index in [1.165, 1.54) is 0 Å². The van der Waals surface area contributed by atoms with Gasteiger partial charge in [-0.15, -0.1) is 0 Å². The van der Waals surface area contributed by atoms with Crippen LogP contribution in [0.3, 0.4) is 0 Å². The summed E-state index contributed by atoms with van der Waals surface area (Å²) in [6.07, 6.45) is 3.86. The van der Waals surface area contributed by atoms with Gasteiger partial charge in [-0.3, -0.25) is 4.68 Å². The molecule has 3 rings (SSSR count). The predicted octanol–water partition coefficient (Wildman–Crippen LogP) is 2.15. The van der Waals surface area contributed by atoms with Gasteiger partial charge in [-0.1, -0.05) is 24.3 Å². The molecule has 0 aliphatic rings. The lowest BCUT2D eigenvalue weighted by Crippen LogP contribution is -2.21. The summed E-state index contributed by atoms with van der Waals surface area (Å²) in [5.41, 5.74) is 13.8. The molecule has 2 aromatic carbocycles. The number of hydrogen-bond donors (Lipinski definition) is 2. The summed E-state index contributed by atoms with van der Waals surface area (Å²) in [4.78, 5) is 4.07. The molecule has 4 N–H and O–H groups in total. The molecule has 1 aromatic heterocycles. The number of aliphatic imine (C=N–C) groups is 1. The number of rotatable bonds is 2. The largest absolute Gasteiger partial charge is 0.370 e. The maximum atomic E-state index is 5.41. The second kappa shape index (κ2) is 4.70. The zero-order chi connectivity index (χ0) is 14.1. The fourth-order valence-electron chi connectivity index (χ4n) is 2.30. The van der Waals surface area contributed by atoms with Crippen molar-refractivity contribution in [2.45, 2.75) is 0 Å². The Bertz CT molecular complexity index is 797. The summed E-state index contributed by atoms with van der Waals surface area (Å²) in [6.45, 7) is 0. The first-order valence-corrected chi connectivity index (χ1v) is 6.25. The lowest BCUT2D eigenvalue weighted by Gasteiger charge is -2.05. The fraction of sp³-hybridized carbons (Fsp3) is 0.0667. The normalized spacial score (nSPS) is 10.7. The molecule has 0 bridgehead atoms. The Hall–Kier alpha value is -2.82. The highest BCUT2D eigenvalue weighted by molar-refractivity contribution is 5.98. The molecule has 0 atom stereocenters. The summed E-state index contributed by atoms with van der Waals surface area (Å²) >= 11 is 0. The van der Waals surface area contributed by atoms with Crippen LogP contribution >= 0.6 is 0 Å². The van der Waals surface area contributed by atoms with Crippen molar-refractivity contribution < 1.29 is 0 Å². The van der Waals surface area contributed by atoms with Gasteiger partial charge >= 0.3 is 0 Å². The van der Waals surface area contributed by atoms with Crippen LogP contribution in [0, 0.1) is 0 Å². The molecule has 0 fully saturated rings. The number of hydrogen-bond acceptors (Lipinski definition) is 2. The van der Waals surface area contributed by atoms with Crippen molar-refractivity contribution in [1.82, 2.24) is 9.78 Å². The minimum absolute atomic E-state index is 0.0627. The first kappa shape index (κ1) is 12.2. The number of benzene rings is 2. The number of aryl methyl sites for hydroxylation is 1. The van der Waals surface area contributed by atoms with Crippen LogP contribution in [0.1, 0.15) is 0 Å². The van der Waals surface area contributed by atoms with Crippen LogP contribution in [0.25, 0.3) is 21.9 Å². The Balaban J connectivity index is 2.18. The first-order valence-electron chi connectivity index (χ1n) is 6.25. The van der Waals surface area contributed by atoms with Gasteiger partial charge in [0.15, 0.2) is 5.96 Å². The number of nitrogens with zero attached hydrogens (tertiary/aromatic N) is 3. The van der Waals surface area contributed by atoms with Gasteiger partial charge in [-0.25, -0.2) is 4.99 Å². The number of aromatic nitrogens is 2. The van der Waals surface area contributed by atoms with Gasteiger partial charge < -0.3 is 11.5 Å². The van der Waals surface area contributed by atoms with Crippen molar-refractivity contribution in [1.29, 1.82) is 0 Å². The van der Waals surface area contributed by atoms with E-state index in [9.17, 15) is 0 Å². The Kier molecular flexibility index (Phi) is 2.87. The lowest BCUT2D eigenvalue weighted by molar-refractivity contribution is 0.768. The van der Waals surface area contributed by atoms with Crippen LogP contribution in [0.2, 0.25) is 0 Å². The molecule has 0 unspecified atom stereocenters. The molecule has 0 spiro atoms. The molecule has 100 valence electrons. The van der Waals surface area contributed by atoms with Crippen LogP contribution in [-0.2, 0) is 7.05 Å². The molecule has 0 aliphatic heterocycles. The van der Waals surface area contributed by atoms with E-state index in [4.69, 9.17) is 11.5 Å². The molecule has 5 heteroatoms. The quantitative estimate of drug-likeness (QED) is 0.550. The van der Waals surface area contributed by atoms with E-state index in [1.54, 1.807) is 4.68 Å². The van der Waals surface area contributed by atoms with Crippen LogP contribution < -0.4 is 11.5 Å². The molecule has 0 amide bonds. The summed E-state index contributed by atoms with van der Waals surface area (Å²) in [7, 11) is 1.91. The smallest absolute Gasteiger partial charge is 0.191 e. The minimum Gasteiger partial charge on any atom is -0.370 e. The monoisotopic (exact) mass is 265 g/mol. The van der Waals surface area contributed by atoms with Crippen LogP contribution in [-0.4, -0.2) is 15.7 Å². The molecule has 0 aliphatic carbocycles. The van der Waals surface area contributed by atoms with E-state index in [1.807, 2.05) is 49.8 Å². The van der Waals surface area contributed by atoms with E-state index in [-0.39, 0.29) is 5.96 Å². The van der Waals surface area contributed by atoms with Gasteiger partial charge in [0, 0.05) is 18.8 Å². The van der Waals surface area contributed by atoms with Crippen LogP contribution in [0.4, 0.5) is 5.69 Å². The van der Waals surface area contributed by atoms with Gasteiger partial charge in [-0.05, 0) is 28.5 Å². The second-order valence-corrected chi connectivity index (χ2v) is 4.65. The molecule has 0 radical (unpaired) electrons. The van der Waals surface area contributed by atoms with E-state index in [0.717, 1.165) is 27.6 Å². The fourth-order valence-corrected chi connectivity index (χ4v) is 2.30. The standard InChI is InChI=1S/C15H15N5/c1-20-9-11(8-18-20)13-4-2-3-10-7-12(19-15(16)17)5-6-14(10)13/h2-9H,1H3,(H4,16,17,19). The van der Waals surface area contributed by atoms with Crippen molar-refractivity contribution >= 4 is 22.4 Å². The average Bonchev–Trinajstić information content (AvgIpc) is 2.83. The highest BCUT2D eigenvalue weighted by Crippen LogP contribution is 2.30. The zero-order valence-corrected chi connectivity index (χ0v) is 11.1. The van der Waals surface area contributed by atoms with Crippen molar-refractivity contribution in [2.24, 2.45) is 23.5 Å². The predicted molar refractivity (Wildman–Crippen MR) is 81.6 cm³/mol. The molecule has 0 saturated carbocycles. The van der Waals surface area contributed by atoms with Gasteiger partial charge in [-0.2, -0.15) is 5.10 Å². The first-order chi connectivity index (χ1) is 9.63. The molecular formula is C15H15N5. The zero-order valence-electron chi connectivity index (χ0n) is 11.1. The molecule has 3 aromatic rings. The molecule has 0 saturated heterocycles. The lowest BCUT2D eigenvalue weighted by atomic mass is 10.0. The SMILES string of the molecule is Cn1cc(-c2cccc3cc(N=C(N)N)ccc23)cn1. The van der Waals surface area contributed by atoms with Crippen molar-refractivity contribution in [2.75, 3.05) is 0 Å². The van der Waals surface area contributed by atoms with Crippen molar-refractivity contribution in [3.8, 4) is 11.1 Å². The van der Waals surface area contributed by atoms with Crippen LogP contribution in [0.5, 0.6) is 0 Å². The molecular weight excluding hydrogens is 250 g/mol. The highest BCUT2D eigenvalue weighted by atomic mass is 15.2. The number of fused-ring (bicyclic) bond motifs is 1. The average molecular weight is 265 g/mol. The highest BCUT2D eigenvalue weighted by Gasteiger charge is 2.06. The summed E-state index contributed by atoms with van der Waals surface area (Å²) in [6, 6.07) is 12.0. The third-order valence-electron chi connectivity index (χ3n) is 3.14. The Labute approximate surface area is 116 Å². The molecule has 20 heavy (non-hydrogen) atoms. The number of guanidine groups is 1. The van der Waals surface area contributed by atoms with E-state index >= 15 is 0 Å². The molecule has 1 heterocycles.